The van der Waals surface area contributed by atoms with Gasteiger partial charge in [0.15, 0.2) is 0 Å². The molecule has 1 aliphatic rings. The van der Waals surface area contributed by atoms with Crippen LogP contribution >= 0.6 is 23.4 Å². The highest BCUT2D eigenvalue weighted by molar-refractivity contribution is 7.99. The average Bonchev–Trinajstić information content (AvgIpc) is 2.84. The number of benzene rings is 2. The summed E-state index contributed by atoms with van der Waals surface area (Å²) >= 11 is 8.44. The Morgan fingerprint density at radius 1 is 1.19 bits per heavy atom. The third kappa shape index (κ3) is 3.99. The Balaban J connectivity index is 2.09. The van der Waals surface area contributed by atoms with E-state index in [4.69, 9.17) is 16.3 Å². The Morgan fingerprint density at radius 2 is 1.96 bits per heavy atom. The van der Waals surface area contributed by atoms with Crippen LogP contribution in [-0.4, -0.2) is 19.4 Å². The summed E-state index contributed by atoms with van der Waals surface area (Å²) in [6, 6.07) is 14.8. The van der Waals surface area contributed by atoms with E-state index in [1.807, 2.05) is 11.8 Å². The van der Waals surface area contributed by atoms with E-state index in [1.165, 1.54) is 42.0 Å². The molecule has 0 saturated heterocycles. The predicted octanol–water partition coefficient (Wildman–Crippen LogP) is 7.18. The van der Waals surface area contributed by atoms with Crippen LogP contribution < -0.4 is 9.64 Å². The van der Waals surface area contributed by atoms with Gasteiger partial charge in [-0.15, -0.1) is 11.8 Å². The standard InChI is InChI=1S/C22H28ClNOS/c1-4-6-12-22(5-2)15-24(17-10-8-7-9-11-17)19-13-18(23)20(25-3)14-21(19)26-16-22/h7-11,13-14H,4-6,12,15-16H2,1-3H3. The first-order valence-corrected chi connectivity index (χ1v) is 10.8. The molecule has 3 rings (SSSR count). The molecule has 0 fully saturated rings. The smallest absolute Gasteiger partial charge is 0.138 e. The van der Waals surface area contributed by atoms with Gasteiger partial charge in [0, 0.05) is 22.9 Å². The summed E-state index contributed by atoms with van der Waals surface area (Å²) in [4.78, 5) is 3.71. The minimum absolute atomic E-state index is 0.301. The van der Waals surface area contributed by atoms with Crippen LogP contribution in [0.5, 0.6) is 5.75 Å². The number of methoxy groups -OCH3 is 1. The first-order valence-electron chi connectivity index (χ1n) is 9.45. The molecule has 0 spiro atoms. The summed E-state index contributed by atoms with van der Waals surface area (Å²) in [6.45, 7) is 5.64. The van der Waals surface area contributed by atoms with Crippen molar-refractivity contribution in [1.82, 2.24) is 0 Å². The van der Waals surface area contributed by atoms with Crippen LogP contribution in [-0.2, 0) is 0 Å². The minimum Gasteiger partial charge on any atom is -0.495 e. The van der Waals surface area contributed by atoms with E-state index in [1.54, 1.807) is 7.11 Å². The minimum atomic E-state index is 0.301. The van der Waals surface area contributed by atoms with Crippen molar-refractivity contribution in [2.75, 3.05) is 24.3 Å². The predicted molar refractivity (Wildman–Crippen MR) is 114 cm³/mol. The third-order valence-corrected chi connectivity index (χ3v) is 7.12. The van der Waals surface area contributed by atoms with E-state index in [0.717, 1.165) is 18.0 Å². The Hall–Kier alpha value is -1.32. The number of hydrogen-bond acceptors (Lipinski definition) is 3. The highest BCUT2D eigenvalue weighted by atomic mass is 35.5. The molecule has 0 aliphatic carbocycles. The largest absolute Gasteiger partial charge is 0.495 e. The number of nitrogens with zero attached hydrogens (tertiary/aromatic N) is 1. The molecule has 140 valence electrons. The Labute approximate surface area is 166 Å². The molecule has 1 aliphatic heterocycles. The fourth-order valence-corrected chi connectivity index (χ4v) is 5.28. The second-order valence-corrected chi connectivity index (χ2v) is 8.55. The first kappa shape index (κ1) is 19.4. The average molecular weight is 390 g/mol. The Morgan fingerprint density at radius 3 is 2.62 bits per heavy atom. The van der Waals surface area contributed by atoms with Gasteiger partial charge in [-0.2, -0.15) is 0 Å². The maximum Gasteiger partial charge on any atom is 0.138 e. The number of halogens is 1. The Kier molecular flexibility index (Phi) is 6.42. The second-order valence-electron chi connectivity index (χ2n) is 7.12. The van der Waals surface area contributed by atoms with Crippen molar-refractivity contribution < 1.29 is 4.74 Å². The lowest BCUT2D eigenvalue weighted by Gasteiger charge is -2.36. The number of fused-ring (bicyclic) bond motifs is 1. The van der Waals surface area contributed by atoms with E-state index in [9.17, 15) is 0 Å². The highest BCUT2D eigenvalue weighted by Gasteiger charge is 2.35. The lowest BCUT2D eigenvalue weighted by molar-refractivity contribution is 0.295. The summed E-state index contributed by atoms with van der Waals surface area (Å²) in [5.74, 6) is 1.88. The van der Waals surface area contributed by atoms with Crippen LogP contribution in [0, 0.1) is 5.41 Å². The number of hydrogen-bond donors (Lipinski definition) is 0. The molecule has 0 bridgehead atoms. The van der Waals surface area contributed by atoms with Crippen LogP contribution in [0.1, 0.15) is 39.5 Å². The van der Waals surface area contributed by atoms with Crippen molar-refractivity contribution >= 4 is 34.7 Å². The molecular weight excluding hydrogens is 362 g/mol. The monoisotopic (exact) mass is 389 g/mol. The SMILES string of the molecule is CCCCC1(CC)CSc2cc(OC)c(Cl)cc2N(c2ccccc2)C1. The molecule has 0 N–H and O–H groups in total. The zero-order valence-corrected chi connectivity index (χ0v) is 17.5. The van der Waals surface area contributed by atoms with Crippen molar-refractivity contribution in [1.29, 1.82) is 0 Å². The number of unbranched alkanes of at least 4 members (excludes halogenated alkanes) is 1. The fraction of sp³-hybridized carbons (Fsp3) is 0.455. The van der Waals surface area contributed by atoms with Gasteiger partial charge >= 0.3 is 0 Å². The van der Waals surface area contributed by atoms with Gasteiger partial charge < -0.3 is 9.64 Å². The van der Waals surface area contributed by atoms with Gasteiger partial charge in [-0.05, 0) is 42.5 Å². The molecule has 1 unspecified atom stereocenters. The summed E-state index contributed by atoms with van der Waals surface area (Å²) in [5, 5.41) is 0.672. The molecule has 1 atom stereocenters. The van der Waals surface area contributed by atoms with E-state index in [0.29, 0.717) is 10.4 Å². The van der Waals surface area contributed by atoms with Crippen molar-refractivity contribution in [2.24, 2.45) is 5.41 Å². The maximum atomic E-state index is 6.50. The summed E-state index contributed by atoms with van der Waals surface area (Å²) in [6.07, 6.45) is 4.96. The van der Waals surface area contributed by atoms with Crippen LogP contribution in [0.25, 0.3) is 0 Å². The van der Waals surface area contributed by atoms with Gasteiger partial charge in [-0.3, -0.25) is 0 Å². The van der Waals surface area contributed by atoms with Crippen LogP contribution in [0.3, 0.4) is 0 Å². The number of ether oxygens (including phenoxy) is 1. The van der Waals surface area contributed by atoms with Gasteiger partial charge in [-0.1, -0.05) is 56.5 Å². The van der Waals surface area contributed by atoms with Crippen molar-refractivity contribution in [3.05, 3.63) is 47.5 Å². The second kappa shape index (κ2) is 8.58. The number of anilines is 2. The number of rotatable bonds is 6. The quantitative estimate of drug-likeness (QED) is 0.519. The van der Waals surface area contributed by atoms with Crippen LogP contribution in [0.4, 0.5) is 11.4 Å². The molecule has 1 heterocycles. The maximum absolute atomic E-state index is 6.50. The van der Waals surface area contributed by atoms with Gasteiger partial charge in [0.05, 0.1) is 17.8 Å². The molecule has 0 aromatic heterocycles. The molecule has 0 saturated carbocycles. The molecule has 0 radical (unpaired) electrons. The molecular formula is C22H28ClNOS. The van der Waals surface area contributed by atoms with E-state index < -0.39 is 0 Å². The molecule has 4 heteroatoms. The molecule has 2 nitrogen and oxygen atoms in total. The highest BCUT2D eigenvalue weighted by Crippen LogP contribution is 2.48. The zero-order valence-electron chi connectivity index (χ0n) is 15.9. The molecule has 2 aromatic carbocycles. The van der Waals surface area contributed by atoms with Crippen LogP contribution in [0.2, 0.25) is 5.02 Å². The van der Waals surface area contributed by atoms with E-state index >= 15 is 0 Å². The lowest BCUT2D eigenvalue weighted by atomic mass is 9.81. The van der Waals surface area contributed by atoms with E-state index in [-0.39, 0.29) is 0 Å². The summed E-state index contributed by atoms with van der Waals surface area (Å²) < 4.78 is 5.47. The Bertz CT molecular complexity index is 736. The van der Waals surface area contributed by atoms with Crippen molar-refractivity contribution in [3.63, 3.8) is 0 Å². The van der Waals surface area contributed by atoms with Gasteiger partial charge in [-0.25, -0.2) is 0 Å². The molecule has 26 heavy (non-hydrogen) atoms. The normalized spacial score (nSPS) is 19.8. The number of para-hydroxylation sites is 1. The molecule has 0 amide bonds. The summed E-state index contributed by atoms with van der Waals surface area (Å²) in [7, 11) is 1.68. The van der Waals surface area contributed by atoms with Gasteiger partial charge in [0.25, 0.3) is 0 Å². The van der Waals surface area contributed by atoms with Gasteiger partial charge in [0.2, 0.25) is 0 Å². The first-order chi connectivity index (χ1) is 12.6. The van der Waals surface area contributed by atoms with Crippen molar-refractivity contribution in [3.8, 4) is 5.75 Å². The molecule has 2 aromatic rings. The van der Waals surface area contributed by atoms with Crippen molar-refractivity contribution in [2.45, 2.75) is 44.4 Å². The zero-order chi connectivity index (χ0) is 18.6. The number of thioether (sulfide) groups is 1. The van der Waals surface area contributed by atoms with E-state index in [2.05, 4.69) is 61.2 Å². The summed E-state index contributed by atoms with van der Waals surface area (Å²) in [5.41, 5.74) is 2.72. The lowest BCUT2D eigenvalue weighted by Crippen LogP contribution is -2.35. The van der Waals surface area contributed by atoms with Gasteiger partial charge in [0.1, 0.15) is 5.75 Å². The van der Waals surface area contributed by atoms with Crippen LogP contribution in [0.15, 0.2) is 47.4 Å². The third-order valence-electron chi connectivity index (χ3n) is 5.43. The topological polar surface area (TPSA) is 12.5 Å². The fourth-order valence-electron chi connectivity index (χ4n) is 3.64.